The molecule has 7 nitrogen and oxygen atoms in total. The van der Waals surface area contributed by atoms with Gasteiger partial charge in [0.2, 0.25) is 5.91 Å². The van der Waals surface area contributed by atoms with Gasteiger partial charge in [-0.3, -0.25) is 14.9 Å². The molecule has 3 N–H and O–H groups in total. The zero-order chi connectivity index (χ0) is 22.8. The zero-order valence-corrected chi connectivity index (χ0v) is 19.8. The summed E-state index contributed by atoms with van der Waals surface area (Å²) in [6.45, 7) is 7.27. The van der Waals surface area contributed by atoms with E-state index in [-0.39, 0.29) is 23.7 Å². The number of thiophene rings is 1. The van der Waals surface area contributed by atoms with E-state index in [1.165, 1.54) is 17.4 Å². The largest absolute Gasteiger partial charge is 0.354 e. The lowest BCUT2D eigenvalue weighted by molar-refractivity contribution is -0.120. The first-order valence-electron chi connectivity index (χ1n) is 9.78. The second-order valence-electron chi connectivity index (χ2n) is 8.20. The van der Waals surface area contributed by atoms with Gasteiger partial charge in [-0.1, -0.05) is 44.0 Å². The van der Waals surface area contributed by atoms with Gasteiger partial charge < -0.3 is 15.5 Å². The number of hydrogen-bond acceptors (Lipinski definition) is 4. The van der Waals surface area contributed by atoms with Gasteiger partial charge in [-0.15, -0.1) is 11.3 Å². The minimum Gasteiger partial charge on any atom is -0.354 e. The third-order valence-electron chi connectivity index (χ3n) is 4.71. The highest BCUT2D eigenvalue weighted by molar-refractivity contribution is 7.16. The maximum atomic E-state index is 13.2. The van der Waals surface area contributed by atoms with Crippen LogP contribution in [0.3, 0.4) is 0 Å². The van der Waals surface area contributed by atoms with E-state index in [1.807, 2.05) is 26.8 Å². The van der Waals surface area contributed by atoms with Crippen molar-refractivity contribution in [3.05, 3.63) is 44.8 Å². The van der Waals surface area contributed by atoms with Crippen molar-refractivity contribution in [3.8, 4) is 0 Å². The van der Waals surface area contributed by atoms with Crippen LogP contribution in [0.2, 0.25) is 10.0 Å². The van der Waals surface area contributed by atoms with E-state index in [4.69, 9.17) is 23.2 Å². The van der Waals surface area contributed by atoms with Gasteiger partial charge >= 0.3 is 6.03 Å². The number of carbonyl (C=O) groups is 3. The summed E-state index contributed by atoms with van der Waals surface area (Å²) in [6.07, 6.45) is 0.250. The number of amides is 4. The molecule has 1 aromatic carbocycles. The molecule has 0 saturated carbocycles. The SMILES string of the molecule is CC(C)(C)c1cc(C(=O)N2CCNC(=O)CC2)c(NC(=O)Nc2ccc(Cl)cc2Cl)s1. The molecular weight excluding hydrogens is 459 g/mol. The highest BCUT2D eigenvalue weighted by atomic mass is 35.5. The van der Waals surface area contributed by atoms with Crippen LogP contribution in [0.25, 0.3) is 0 Å². The van der Waals surface area contributed by atoms with Crippen molar-refractivity contribution in [1.82, 2.24) is 10.2 Å². The molecule has 0 unspecified atom stereocenters. The molecule has 0 bridgehead atoms. The molecule has 10 heteroatoms. The van der Waals surface area contributed by atoms with E-state index in [2.05, 4.69) is 16.0 Å². The van der Waals surface area contributed by atoms with Crippen LogP contribution >= 0.6 is 34.5 Å². The zero-order valence-electron chi connectivity index (χ0n) is 17.5. The number of benzene rings is 1. The molecule has 1 aliphatic heterocycles. The molecule has 1 aliphatic rings. The van der Waals surface area contributed by atoms with Crippen molar-refractivity contribution >= 4 is 63.1 Å². The first kappa shape index (κ1) is 23.4. The van der Waals surface area contributed by atoms with Gasteiger partial charge in [-0.25, -0.2) is 4.79 Å². The Bertz CT molecular complexity index is 1020. The molecule has 0 spiro atoms. The van der Waals surface area contributed by atoms with Crippen LogP contribution in [-0.4, -0.2) is 42.4 Å². The van der Waals surface area contributed by atoms with E-state index >= 15 is 0 Å². The highest BCUT2D eigenvalue weighted by Gasteiger charge is 2.28. The fourth-order valence-electron chi connectivity index (χ4n) is 3.00. The van der Waals surface area contributed by atoms with E-state index < -0.39 is 6.03 Å². The Morgan fingerprint density at radius 3 is 2.55 bits per heavy atom. The van der Waals surface area contributed by atoms with Gasteiger partial charge in [-0.2, -0.15) is 0 Å². The molecule has 0 aliphatic carbocycles. The Kier molecular flexibility index (Phi) is 7.13. The molecule has 1 aromatic heterocycles. The van der Waals surface area contributed by atoms with Gasteiger partial charge in [0.25, 0.3) is 5.91 Å². The average molecular weight is 483 g/mol. The van der Waals surface area contributed by atoms with E-state index in [0.29, 0.717) is 45.9 Å². The van der Waals surface area contributed by atoms with Crippen LogP contribution in [0.5, 0.6) is 0 Å². The highest BCUT2D eigenvalue weighted by Crippen LogP contribution is 2.37. The van der Waals surface area contributed by atoms with Crippen molar-refractivity contribution in [2.24, 2.45) is 0 Å². The molecule has 2 aromatic rings. The number of nitrogens with one attached hydrogen (secondary N) is 3. The summed E-state index contributed by atoms with van der Waals surface area (Å²) in [6, 6.07) is 6.05. The molecule has 3 rings (SSSR count). The quantitative estimate of drug-likeness (QED) is 0.577. The van der Waals surface area contributed by atoms with Crippen LogP contribution in [-0.2, 0) is 10.2 Å². The molecule has 1 fully saturated rings. The number of urea groups is 1. The molecule has 4 amide bonds. The monoisotopic (exact) mass is 482 g/mol. The number of nitrogens with zero attached hydrogens (tertiary/aromatic N) is 1. The Morgan fingerprint density at radius 1 is 1.13 bits per heavy atom. The number of halogens is 2. The Labute approximate surface area is 195 Å². The second kappa shape index (κ2) is 9.46. The normalized spacial score (nSPS) is 14.6. The fourth-order valence-corrected chi connectivity index (χ4v) is 4.56. The predicted octanol–water partition coefficient (Wildman–Crippen LogP) is 4.96. The Balaban J connectivity index is 1.84. The number of carbonyl (C=O) groups excluding carboxylic acids is 3. The van der Waals surface area contributed by atoms with Gasteiger partial charge in [0.05, 0.1) is 16.3 Å². The van der Waals surface area contributed by atoms with Crippen LogP contribution in [0.15, 0.2) is 24.3 Å². The number of anilines is 2. The third kappa shape index (κ3) is 5.90. The summed E-state index contributed by atoms with van der Waals surface area (Å²) in [4.78, 5) is 40.1. The summed E-state index contributed by atoms with van der Waals surface area (Å²) in [5.74, 6) is -0.295. The lowest BCUT2D eigenvalue weighted by Crippen LogP contribution is -2.34. The van der Waals surface area contributed by atoms with Crippen molar-refractivity contribution in [2.75, 3.05) is 30.3 Å². The molecule has 0 atom stereocenters. The standard InChI is InChI=1S/C21H24Cl2N4O3S/c1-21(2,3)16-11-13(19(29)27-8-6-17(28)24-7-9-27)18(31-16)26-20(30)25-15-5-4-12(22)10-14(15)23/h4-5,10-11H,6-9H2,1-3H3,(H,24,28)(H2,25,26,30). The van der Waals surface area contributed by atoms with E-state index in [1.54, 1.807) is 17.0 Å². The molecule has 31 heavy (non-hydrogen) atoms. The maximum absolute atomic E-state index is 13.2. The van der Waals surface area contributed by atoms with Gasteiger partial charge in [0.15, 0.2) is 0 Å². The molecule has 1 saturated heterocycles. The van der Waals surface area contributed by atoms with Crippen LogP contribution < -0.4 is 16.0 Å². The number of rotatable bonds is 3. The molecule has 166 valence electrons. The van der Waals surface area contributed by atoms with Crippen molar-refractivity contribution in [3.63, 3.8) is 0 Å². The topological polar surface area (TPSA) is 90.5 Å². The van der Waals surface area contributed by atoms with Crippen LogP contribution in [0.4, 0.5) is 15.5 Å². The minimum absolute atomic E-state index is 0.0754. The van der Waals surface area contributed by atoms with Crippen LogP contribution in [0.1, 0.15) is 42.4 Å². The smallest absolute Gasteiger partial charge is 0.324 e. The summed E-state index contributed by atoms with van der Waals surface area (Å²) in [7, 11) is 0. The summed E-state index contributed by atoms with van der Waals surface area (Å²) >= 11 is 13.4. The van der Waals surface area contributed by atoms with Crippen molar-refractivity contribution < 1.29 is 14.4 Å². The lowest BCUT2D eigenvalue weighted by atomic mass is 9.94. The molecule has 0 radical (unpaired) electrons. The van der Waals surface area contributed by atoms with Crippen LogP contribution in [0, 0.1) is 0 Å². The minimum atomic E-state index is -0.520. The molecular formula is C21H24Cl2N4O3S. The van der Waals surface area contributed by atoms with E-state index in [0.717, 1.165) is 4.88 Å². The molecule has 2 heterocycles. The van der Waals surface area contributed by atoms with Crippen molar-refractivity contribution in [1.29, 1.82) is 0 Å². The second-order valence-corrected chi connectivity index (χ2v) is 10.1. The van der Waals surface area contributed by atoms with Crippen molar-refractivity contribution in [2.45, 2.75) is 32.6 Å². The number of hydrogen-bond donors (Lipinski definition) is 3. The first-order chi connectivity index (χ1) is 14.5. The maximum Gasteiger partial charge on any atom is 0.324 e. The first-order valence-corrected chi connectivity index (χ1v) is 11.3. The van der Waals surface area contributed by atoms with Gasteiger partial charge in [0, 0.05) is 36.0 Å². The Hall–Kier alpha value is -2.29. The summed E-state index contributed by atoms with van der Waals surface area (Å²) in [5, 5.41) is 9.44. The van der Waals surface area contributed by atoms with Gasteiger partial charge in [0.1, 0.15) is 5.00 Å². The summed E-state index contributed by atoms with van der Waals surface area (Å²) in [5.41, 5.74) is 0.606. The summed E-state index contributed by atoms with van der Waals surface area (Å²) < 4.78 is 0. The fraction of sp³-hybridized carbons (Fsp3) is 0.381. The Morgan fingerprint density at radius 2 is 1.87 bits per heavy atom. The van der Waals surface area contributed by atoms with E-state index in [9.17, 15) is 14.4 Å². The average Bonchev–Trinajstić information content (AvgIpc) is 2.98. The predicted molar refractivity (Wildman–Crippen MR) is 126 cm³/mol. The van der Waals surface area contributed by atoms with Gasteiger partial charge in [-0.05, 0) is 29.7 Å². The third-order valence-corrected chi connectivity index (χ3v) is 6.73. The lowest BCUT2D eigenvalue weighted by Gasteiger charge is -2.20.